The first-order chi connectivity index (χ1) is 4.22. The maximum Gasteiger partial charge on any atom is 0.159 e. The van der Waals surface area contributed by atoms with E-state index >= 15 is 0 Å². The predicted molar refractivity (Wildman–Crippen MR) is 39.3 cm³/mol. The van der Waals surface area contributed by atoms with E-state index in [2.05, 4.69) is 6.58 Å². The Morgan fingerprint density at radius 2 is 2.22 bits per heavy atom. The Labute approximate surface area is 56.1 Å². The molecule has 0 unspecified atom stereocenters. The average molecular weight is 124 g/mol. The van der Waals surface area contributed by atoms with Gasteiger partial charge < -0.3 is 0 Å². The minimum absolute atomic E-state index is 0.0897. The van der Waals surface area contributed by atoms with Gasteiger partial charge in [-0.3, -0.25) is 4.79 Å². The molecule has 0 heterocycles. The van der Waals surface area contributed by atoms with Crippen LogP contribution in [0.15, 0.2) is 24.3 Å². The molecule has 0 saturated heterocycles. The number of allylic oxidation sites excluding steroid dienone is 3. The molecule has 0 aliphatic carbocycles. The zero-order valence-corrected chi connectivity index (χ0v) is 5.98. The smallest absolute Gasteiger partial charge is 0.159 e. The Morgan fingerprint density at radius 3 is 2.33 bits per heavy atom. The van der Waals surface area contributed by atoms with E-state index < -0.39 is 0 Å². The van der Waals surface area contributed by atoms with Gasteiger partial charge >= 0.3 is 0 Å². The van der Waals surface area contributed by atoms with Crippen molar-refractivity contribution in [3.8, 4) is 0 Å². The SMILES string of the molecule is C=C/C(=C\CC)C(C)=O. The second kappa shape index (κ2) is 4.07. The Bertz CT molecular complexity index is 143. The molecule has 0 aromatic carbocycles. The first-order valence-electron chi connectivity index (χ1n) is 3.06. The summed E-state index contributed by atoms with van der Waals surface area (Å²) in [6.07, 6.45) is 4.35. The lowest BCUT2D eigenvalue weighted by Crippen LogP contribution is -1.91. The molecule has 0 N–H and O–H groups in total. The third-order valence-corrected chi connectivity index (χ3v) is 1.05. The number of carbonyl (C=O) groups is 1. The van der Waals surface area contributed by atoms with Crippen LogP contribution in [-0.2, 0) is 4.79 Å². The minimum Gasteiger partial charge on any atom is -0.295 e. The van der Waals surface area contributed by atoms with Gasteiger partial charge in [0.1, 0.15) is 0 Å². The van der Waals surface area contributed by atoms with Crippen molar-refractivity contribution < 1.29 is 4.79 Å². The van der Waals surface area contributed by atoms with Crippen molar-refractivity contribution in [2.75, 3.05) is 0 Å². The molecule has 0 aliphatic rings. The lowest BCUT2D eigenvalue weighted by Gasteiger charge is -1.90. The van der Waals surface area contributed by atoms with Crippen LogP contribution in [0.5, 0.6) is 0 Å². The molecule has 1 nitrogen and oxygen atoms in total. The standard InChI is InChI=1S/C8H12O/c1-4-6-8(5-2)7(3)9/h5-6H,2,4H2,1,3H3/b8-6+. The summed E-state index contributed by atoms with van der Waals surface area (Å²) in [5, 5.41) is 0. The monoisotopic (exact) mass is 124 g/mol. The molecule has 0 aromatic rings. The molecule has 9 heavy (non-hydrogen) atoms. The molecule has 0 amide bonds. The third kappa shape index (κ3) is 2.85. The number of rotatable bonds is 3. The van der Waals surface area contributed by atoms with E-state index in [-0.39, 0.29) is 5.78 Å². The Balaban J connectivity index is 4.14. The van der Waals surface area contributed by atoms with Gasteiger partial charge in [-0.2, -0.15) is 0 Å². The third-order valence-electron chi connectivity index (χ3n) is 1.05. The largest absolute Gasteiger partial charge is 0.295 e. The van der Waals surface area contributed by atoms with E-state index in [1.54, 1.807) is 13.0 Å². The quantitative estimate of drug-likeness (QED) is 0.416. The number of hydrogen-bond acceptors (Lipinski definition) is 1. The fraction of sp³-hybridized carbons (Fsp3) is 0.375. The molecule has 1 heteroatoms. The van der Waals surface area contributed by atoms with E-state index in [0.29, 0.717) is 0 Å². The van der Waals surface area contributed by atoms with Crippen molar-refractivity contribution in [3.63, 3.8) is 0 Å². The lowest BCUT2D eigenvalue weighted by atomic mass is 10.1. The summed E-state index contributed by atoms with van der Waals surface area (Å²) in [6, 6.07) is 0. The zero-order valence-electron chi connectivity index (χ0n) is 5.98. The summed E-state index contributed by atoms with van der Waals surface area (Å²) >= 11 is 0. The maximum atomic E-state index is 10.6. The van der Waals surface area contributed by atoms with E-state index in [4.69, 9.17) is 0 Å². The van der Waals surface area contributed by atoms with Crippen LogP contribution in [0.3, 0.4) is 0 Å². The molecule has 0 fully saturated rings. The van der Waals surface area contributed by atoms with Crippen molar-refractivity contribution in [2.24, 2.45) is 0 Å². The number of carbonyl (C=O) groups excluding carboxylic acids is 1. The molecule has 0 radical (unpaired) electrons. The predicted octanol–water partition coefficient (Wildman–Crippen LogP) is 2.10. The van der Waals surface area contributed by atoms with Gasteiger partial charge in [-0.15, -0.1) is 0 Å². The van der Waals surface area contributed by atoms with E-state index in [9.17, 15) is 4.79 Å². The van der Waals surface area contributed by atoms with Crippen molar-refractivity contribution >= 4 is 5.78 Å². The van der Waals surface area contributed by atoms with Crippen LogP contribution in [0.25, 0.3) is 0 Å². The summed E-state index contributed by atoms with van der Waals surface area (Å²) in [5.41, 5.74) is 0.720. The summed E-state index contributed by atoms with van der Waals surface area (Å²) in [7, 11) is 0. The highest BCUT2D eigenvalue weighted by atomic mass is 16.1. The highest BCUT2D eigenvalue weighted by Crippen LogP contribution is 1.97. The van der Waals surface area contributed by atoms with Crippen LogP contribution < -0.4 is 0 Å². The van der Waals surface area contributed by atoms with Gasteiger partial charge in [0.25, 0.3) is 0 Å². The molecule has 0 aliphatic heterocycles. The van der Waals surface area contributed by atoms with Gasteiger partial charge in [-0.05, 0) is 13.3 Å². The van der Waals surface area contributed by atoms with Crippen molar-refractivity contribution in [3.05, 3.63) is 24.3 Å². The lowest BCUT2D eigenvalue weighted by molar-refractivity contribution is -0.113. The molecule has 0 bridgehead atoms. The minimum atomic E-state index is 0.0897. The molecule has 0 atom stereocenters. The number of ketones is 1. The normalized spacial score (nSPS) is 11.1. The fourth-order valence-corrected chi connectivity index (χ4v) is 0.591. The van der Waals surface area contributed by atoms with Gasteiger partial charge in [-0.1, -0.05) is 25.7 Å². The van der Waals surface area contributed by atoms with Crippen molar-refractivity contribution in [2.45, 2.75) is 20.3 Å². The van der Waals surface area contributed by atoms with Gasteiger partial charge in [0.15, 0.2) is 5.78 Å². The second-order valence-electron chi connectivity index (χ2n) is 1.83. The van der Waals surface area contributed by atoms with Crippen LogP contribution >= 0.6 is 0 Å². The van der Waals surface area contributed by atoms with Gasteiger partial charge in [0.05, 0.1) is 0 Å². The summed E-state index contributed by atoms with van der Waals surface area (Å²) in [5.74, 6) is 0.0897. The van der Waals surface area contributed by atoms with Crippen molar-refractivity contribution in [1.82, 2.24) is 0 Å². The highest BCUT2D eigenvalue weighted by Gasteiger charge is 1.94. The van der Waals surface area contributed by atoms with Crippen LogP contribution in [-0.4, -0.2) is 5.78 Å². The van der Waals surface area contributed by atoms with Crippen LogP contribution in [0, 0.1) is 0 Å². The maximum absolute atomic E-state index is 10.6. The molecule has 0 rings (SSSR count). The van der Waals surface area contributed by atoms with Crippen LogP contribution in [0.1, 0.15) is 20.3 Å². The summed E-state index contributed by atoms with van der Waals surface area (Å²) < 4.78 is 0. The van der Waals surface area contributed by atoms with Crippen LogP contribution in [0.2, 0.25) is 0 Å². The second-order valence-corrected chi connectivity index (χ2v) is 1.83. The first kappa shape index (κ1) is 8.15. The summed E-state index contributed by atoms with van der Waals surface area (Å²) in [4.78, 5) is 10.6. The van der Waals surface area contributed by atoms with Gasteiger partial charge in [0, 0.05) is 5.57 Å². The molecular weight excluding hydrogens is 112 g/mol. The Kier molecular flexibility index (Phi) is 3.69. The van der Waals surface area contributed by atoms with E-state index in [1.165, 1.54) is 0 Å². The Hall–Kier alpha value is -0.850. The zero-order chi connectivity index (χ0) is 7.28. The highest BCUT2D eigenvalue weighted by molar-refractivity contribution is 5.95. The van der Waals surface area contributed by atoms with E-state index in [1.807, 2.05) is 13.0 Å². The van der Waals surface area contributed by atoms with Gasteiger partial charge in [0.2, 0.25) is 0 Å². The van der Waals surface area contributed by atoms with Gasteiger partial charge in [-0.25, -0.2) is 0 Å². The average Bonchev–Trinajstić information content (AvgIpc) is 1.82. The molecule has 0 saturated carbocycles. The molecule has 0 spiro atoms. The number of hydrogen-bond donors (Lipinski definition) is 0. The Morgan fingerprint density at radius 1 is 1.67 bits per heavy atom. The van der Waals surface area contributed by atoms with Crippen LogP contribution in [0.4, 0.5) is 0 Å². The molecule has 0 aromatic heterocycles. The van der Waals surface area contributed by atoms with E-state index in [0.717, 1.165) is 12.0 Å². The summed E-state index contributed by atoms with van der Waals surface area (Å²) in [6.45, 7) is 7.05. The number of Topliss-reactive ketones (excluding diaryl/α,β-unsaturated/α-hetero) is 1. The fourth-order valence-electron chi connectivity index (χ4n) is 0.591. The molecular formula is C8H12O. The van der Waals surface area contributed by atoms with Crippen molar-refractivity contribution in [1.29, 1.82) is 0 Å². The molecule has 50 valence electrons. The topological polar surface area (TPSA) is 17.1 Å². The first-order valence-corrected chi connectivity index (χ1v) is 3.06.